The minimum atomic E-state index is 0.313. The second-order valence-electron chi connectivity index (χ2n) is 8.90. The molecule has 3 aromatic rings. The van der Waals surface area contributed by atoms with Crippen LogP contribution >= 0.6 is 22.9 Å². The van der Waals surface area contributed by atoms with E-state index in [-0.39, 0.29) is 0 Å². The number of alkyl halides is 1. The van der Waals surface area contributed by atoms with Gasteiger partial charge in [0.25, 0.3) is 0 Å². The van der Waals surface area contributed by atoms with Gasteiger partial charge >= 0.3 is 0 Å². The Morgan fingerprint density at radius 2 is 1.94 bits per heavy atom. The van der Waals surface area contributed by atoms with E-state index in [1.165, 1.54) is 16.7 Å². The summed E-state index contributed by atoms with van der Waals surface area (Å²) < 4.78 is 0. The molecule has 1 aromatic heterocycles. The third-order valence-electron chi connectivity index (χ3n) is 6.00. The molecule has 1 aliphatic heterocycles. The lowest BCUT2D eigenvalue weighted by Gasteiger charge is -2.35. The molecule has 0 N–H and O–H groups in total. The Bertz CT molecular complexity index is 1130. The molecule has 2 aromatic carbocycles. The van der Waals surface area contributed by atoms with Crippen LogP contribution < -0.4 is 0 Å². The molecule has 1 aliphatic rings. The third-order valence-corrected chi connectivity index (χ3v) is 7.28. The summed E-state index contributed by atoms with van der Waals surface area (Å²) in [6.07, 6.45) is 2.89. The Morgan fingerprint density at radius 1 is 1.16 bits per heavy atom. The first-order valence-corrected chi connectivity index (χ1v) is 12.6. The number of hydrogen-bond acceptors (Lipinski definition) is 5. The molecular formula is C26H29ClN4S. The molecule has 0 bridgehead atoms. The molecule has 0 radical (unpaired) electrons. The average molecular weight is 465 g/mol. The molecule has 0 saturated carbocycles. The number of aromatic nitrogens is 2. The molecule has 0 spiro atoms. The summed E-state index contributed by atoms with van der Waals surface area (Å²) in [5, 5.41) is 20.7. The van der Waals surface area contributed by atoms with E-state index in [2.05, 4.69) is 72.3 Å². The van der Waals surface area contributed by atoms with Crippen LogP contribution in [0.15, 0.2) is 36.4 Å². The summed E-state index contributed by atoms with van der Waals surface area (Å²) in [6.45, 7) is 9.57. The van der Waals surface area contributed by atoms with Crippen LogP contribution in [0.4, 0.5) is 0 Å². The Balaban J connectivity index is 1.58. The van der Waals surface area contributed by atoms with Gasteiger partial charge in [-0.1, -0.05) is 62.4 Å². The number of likely N-dealkylation sites (tertiary alicyclic amines) is 1. The maximum Gasteiger partial charge on any atom is 0.148 e. The van der Waals surface area contributed by atoms with Crippen molar-refractivity contribution in [2.45, 2.75) is 45.4 Å². The van der Waals surface area contributed by atoms with Crippen molar-refractivity contribution in [3.63, 3.8) is 0 Å². The number of rotatable bonds is 8. The van der Waals surface area contributed by atoms with Gasteiger partial charge in [-0.2, -0.15) is 5.26 Å². The van der Waals surface area contributed by atoms with Crippen molar-refractivity contribution in [2.24, 2.45) is 5.92 Å². The Kier molecular flexibility index (Phi) is 7.25. The quantitative estimate of drug-likeness (QED) is 0.385. The van der Waals surface area contributed by atoms with Gasteiger partial charge in [0.2, 0.25) is 0 Å². The monoisotopic (exact) mass is 464 g/mol. The number of benzene rings is 2. The van der Waals surface area contributed by atoms with Crippen molar-refractivity contribution in [2.75, 3.05) is 19.6 Å². The van der Waals surface area contributed by atoms with Gasteiger partial charge in [-0.3, -0.25) is 4.90 Å². The zero-order chi connectivity index (χ0) is 22.7. The van der Waals surface area contributed by atoms with E-state index in [1.54, 1.807) is 11.3 Å². The molecule has 4 rings (SSSR count). The first-order chi connectivity index (χ1) is 15.5. The fraction of sp³-hybridized carbons (Fsp3) is 0.423. The van der Waals surface area contributed by atoms with Crippen LogP contribution in [0.3, 0.4) is 0 Å². The molecule has 0 atom stereocenters. The highest BCUT2D eigenvalue weighted by atomic mass is 35.5. The van der Waals surface area contributed by atoms with E-state index in [0.717, 1.165) is 65.6 Å². The van der Waals surface area contributed by atoms with Crippen molar-refractivity contribution in [3.05, 3.63) is 58.7 Å². The molecule has 0 aliphatic carbocycles. The lowest BCUT2D eigenvalue weighted by atomic mass is 9.96. The van der Waals surface area contributed by atoms with Crippen molar-refractivity contribution in [1.29, 1.82) is 5.26 Å². The van der Waals surface area contributed by atoms with Crippen molar-refractivity contribution in [3.8, 4) is 27.2 Å². The molecule has 4 nitrogen and oxygen atoms in total. The fourth-order valence-corrected chi connectivity index (χ4v) is 5.62. The minimum absolute atomic E-state index is 0.313. The van der Waals surface area contributed by atoms with Crippen molar-refractivity contribution in [1.82, 2.24) is 15.1 Å². The first kappa shape index (κ1) is 22.9. The van der Waals surface area contributed by atoms with Crippen molar-refractivity contribution >= 4 is 22.9 Å². The molecule has 6 heteroatoms. The van der Waals surface area contributed by atoms with E-state index in [1.807, 2.05) is 6.07 Å². The van der Waals surface area contributed by atoms with Gasteiger partial charge in [0, 0.05) is 30.8 Å². The summed E-state index contributed by atoms with van der Waals surface area (Å²) in [5.74, 6) is 0.512. The molecule has 166 valence electrons. The second kappa shape index (κ2) is 10.1. The highest BCUT2D eigenvalue weighted by Gasteiger charge is 2.24. The summed E-state index contributed by atoms with van der Waals surface area (Å²) in [6, 6.07) is 14.9. The van der Waals surface area contributed by atoms with Gasteiger partial charge in [-0.25, -0.2) is 0 Å². The standard InChI is InChI=1S/C26H29ClN4S/c1-4-23-18(10-11-31-15-22(27)16-31)6-5-7-24(23)26-30-29-25(32-26)20-9-8-19(12-17(2)3)21(13-20)14-28/h5-9,13,17,22H,4,10-12,15-16H2,1-3H3. The molecule has 0 amide bonds. The summed E-state index contributed by atoms with van der Waals surface area (Å²) in [7, 11) is 0. The third kappa shape index (κ3) is 5.04. The lowest BCUT2D eigenvalue weighted by molar-refractivity contribution is 0.189. The van der Waals surface area contributed by atoms with E-state index in [9.17, 15) is 5.26 Å². The number of nitrogens with zero attached hydrogens (tertiary/aromatic N) is 4. The molecule has 1 saturated heterocycles. The van der Waals surface area contributed by atoms with Gasteiger partial charge in [0.05, 0.1) is 17.0 Å². The topological polar surface area (TPSA) is 52.8 Å². The van der Waals surface area contributed by atoms with Crippen LogP contribution in [0.25, 0.3) is 21.1 Å². The Labute approximate surface area is 199 Å². The van der Waals surface area contributed by atoms with Crippen LogP contribution in [0.1, 0.15) is 43.0 Å². The molecule has 0 unspecified atom stereocenters. The number of hydrogen-bond donors (Lipinski definition) is 0. The number of nitriles is 1. The van der Waals surface area contributed by atoms with E-state index in [0.29, 0.717) is 11.3 Å². The predicted molar refractivity (Wildman–Crippen MR) is 133 cm³/mol. The van der Waals surface area contributed by atoms with Gasteiger partial charge in [0.15, 0.2) is 0 Å². The van der Waals surface area contributed by atoms with Crippen LogP contribution in [0.5, 0.6) is 0 Å². The fourth-order valence-electron chi connectivity index (χ4n) is 4.33. The largest absolute Gasteiger partial charge is 0.300 e. The van der Waals surface area contributed by atoms with Crippen LogP contribution in [-0.4, -0.2) is 40.1 Å². The predicted octanol–water partition coefficient (Wildman–Crippen LogP) is 5.97. The highest BCUT2D eigenvalue weighted by molar-refractivity contribution is 7.17. The van der Waals surface area contributed by atoms with Gasteiger partial charge in [-0.15, -0.1) is 21.8 Å². The summed E-state index contributed by atoms with van der Waals surface area (Å²) in [5.41, 5.74) is 6.69. The summed E-state index contributed by atoms with van der Waals surface area (Å²) in [4.78, 5) is 2.41. The zero-order valence-electron chi connectivity index (χ0n) is 18.9. The second-order valence-corrected chi connectivity index (χ2v) is 10.5. The van der Waals surface area contributed by atoms with Crippen LogP contribution in [0, 0.1) is 17.2 Å². The SMILES string of the molecule is CCc1c(CCN2CC(Cl)C2)cccc1-c1nnc(-c2ccc(CC(C)C)c(C#N)c2)s1. The lowest BCUT2D eigenvalue weighted by Crippen LogP contribution is -2.48. The minimum Gasteiger partial charge on any atom is -0.300 e. The first-order valence-electron chi connectivity index (χ1n) is 11.3. The molecule has 32 heavy (non-hydrogen) atoms. The van der Waals surface area contributed by atoms with Crippen LogP contribution in [-0.2, 0) is 19.3 Å². The highest BCUT2D eigenvalue weighted by Crippen LogP contribution is 2.34. The molecular weight excluding hydrogens is 436 g/mol. The Morgan fingerprint density at radius 3 is 2.62 bits per heavy atom. The van der Waals surface area contributed by atoms with Crippen molar-refractivity contribution < 1.29 is 0 Å². The van der Waals surface area contributed by atoms with Gasteiger partial charge in [0.1, 0.15) is 10.0 Å². The molecule has 1 fully saturated rings. The zero-order valence-corrected chi connectivity index (χ0v) is 20.5. The average Bonchev–Trinajstić information content (AvgIpc) is 3.25. The maximum absolute atomic E-state index is 9.62. The van der Waals surface area contributed by atoms with E-state index in [4.69, 9.17) is 11.6 Å². The molecule has 2 heterocycles. The normalized spacial score (nSPS) is 14.5. The Hall–Kier alpha value is -2.26. The van der Waals surface area contributed by atoms with E-state index >= 15 is 0 Å². The van der Waals surface area contributed by atoms with Gasteiger partial charge in [-0.05, 0) is 47.9 Å². The summed E-state index contributed by atoms with van der Waals surface area (Å²) >= 11 is 7.72. The van der Waals surface area contributed by atoms with Gasteiger partial charge < -0.3 is 0 Å². The van der Waals surface area contributed by atoms with E-state index < -0.39 is 0 Å². The smallest absolute Gasteiger partial charge is 0.148 e. The van der Waals surface area contributed by atoms with Crippen LogP contribution in [0.2, 0.25) is 0 Å². The maximum atomic E-state index is 9.62. The number of halogens is 1.